The first-order valence-electron chi connectivity index (χ1n) is 5.17. The molecule has 0 fully saturated rings. The SMILES string of the molecule is CC(C)NCN(CN(C)C)CN(C)C. The quantitative estimate of drug-likeness (QED) is 0.599. The molecule has 1 N–H and O–H groups in total. The predicted molar refractivity (Wildman–Crippen MR) is 62.1 cm³/mol. The zero-order valence-electron chi connectivity index (χ0n) is 10.5. The van der Waals surface area contributed by atoms with E-state index in [1.807, 2.05) is 0 Å². The Labute approximate surface area is 88.9 Å². The molecular formula is C10H26N4. The molecule has 0 saturated heterocycles. The molecule has 0 aliphatic rings. The van der Waals surface area contributed by atoms with Gasteiger partial charge in [-0.2, -0.15) is 0 Å². The van der Waals surface area contributed by atoms with Gasteiger partial charge in [-0.25, -0.2) is 0 Å². The van der Waals surface area contributed by atoms with Crippen LogP contribution in [0.25, 0.3) is 0 Å². The third kappa shape index (κ3) is 8.44. The van der Waals surface area contributed by atoms with E-state index in [4.69, 9.17) is 0 Å². The Morgan fingerprint density at radius 2 is 1.36 bits per heavy atom. The van der Waals surface area contributed by atoms with Crippen molar-refractivity contribution in [1.29, 1.82) is 0 Å². The summed E-state index contributed by atoms with van der Waals surface area (Å²) in [5, 5.41) is 3.43. The third-order valence-corrected chi connectivity index (χ3v) is 1.69. The highest BCUT2D eigenvalue weighted by Gasteiger charge is 2.06. The smallest absolute Gasteiger partial charge is 0.0525 e. The average molecular weight is 202 g/mol. The van der Waals surface area contributed by atoms with Crippen molar-refractivity contribution < 1.29 is 0 Å². The normalized spacial score (nSPS) is 12.4. The number of nitrogens with zero attached hydrogens (tertiary/aromatic N) is 3. The molecular weight excluding hydrogens is 176 g/mol. The van der Waals surface area contributed by atoms with Crippen molar-refractivity contribution in [3.8, 4) is 0 Å². The fraction of sp³-hybridized carbons (Fsp3) is 1.00. The van der Waals surface area contributed by atoms with E-state index in [1.165, 1.54) is 0 Å². The average Bonchev–Trinajstić information content (AvgIpc) is 1.97. The Bertz CT molecular complexity index is 124. The zero-order chi connectivity index (χ0) is 11.1. The molecule has 0 amide bonds. The van der Waals surface area contributed by atoms with Crippen LogP contribution in [0.15, 0.2) is 0 Å². The van der Waals surface area contributed by atoms with Gasteiger partial charge in [0.25, 0.3) is 0 Å². The Morgan fingerprint density at radius 3 is 1.64 bits per heavy atom. The van der Waals surface area contributed by atoms with Gasteiger partial charge in [0.2, 0.25) is 0 Å². The summed E-state index contributed by atoms with van der Waals surface area (Å²) in [6.45, 7) is 7.25. The molecule has 0 spiro atoms. The minimum atomic E-state index is 0.543. The maximum atomic E-state index is 3.43. The molecule has 0 radical (unpaired) electrons. The van der Waals surface area contributed by atoms with Gasteiger partial charge < -0.3 is 5.32 Å². The lowest BCUT2D eigenvalue weighted by molar-refractivity contribution is 0.106. The van der Waals surface area contributed by atoms with Crippen LogP contribution >= 0.6 is 0 Å². The van der Waals surface area contributed by atoms with Crippen molar-refractivity contribution in [3.05, 3.63) is 0 Å². The van der Waals surface area contributed by atoms with Crippen LogP contribution in [0, 0.1) is 0 Å². The van der Waals surface area contributed by atoms with Crippen LogP contribution < -0.4 is 5.32 Å². The third-order valence-electron chi connectivity index (χ3n) is 1.69. The van der Waals surface area contributed by atoms with Gasteiger partial charge in [0, 0.05) is 6.04 Å². The topological polar surface area (TPSA) is 21.8 Å². The summed E-state index contributed by atoms with van der Waals surface area (Å²) in [5.74, 6) is 0. The van der Waals surface area contributed by atoms with Gasteiger partial charge >= 0.3 is 0 Å². The summed E-state index contributed by atoms with van der Waals surface area (Å²) in [4.78, 5) is 6.73. The summed E-state index contributed by atoms with van der Waals surface area (Å²) in [6, 6.07) is 0.543. The van der Waals surface area contributed by atoms with Gasteiger partial charge in [0.05, 0.1) is 20.0 Å². The Kier molecular flexibility index (Phi) is 7.09. The summed E-state index contributed by atoms with van der Waals surface area (Å²) >= 11 is 0. The molecule has 4 heteroatoms. The standard InChI is InChI=1S/C10H26N4/c1-10(2)11-7-14(8-12(3)4)9-13(5)6/h10-11H,7-9H2,1-6H3. The van der Waals surface area contributed by atoms with E-state index >= 15 is 0 Å². The molecule has 0 bridgehead atoms. The number of hydrogen-bond donors (Lipinski definition) is 1. The molecule has 0 aromatic heterocycles. The van der Waals surface area contributed by atoms with Crippen LogP contribution in [0.3, 0.4) is 0 Å². The van der Waals surface area contributed by atoms with Crippen molar-refractivity contribution in [3.63, 3.8) is 0 Å². The molecule has 0 atom stereocenters. The van der Waals surface area contributed by atoms with Crippen LogP contribution in [-0.4, -0.2) is 68.9 Å². The zero-order valence-corrected chi connectivity index (χ0v) is 10.5. The van der Waals surface area contributed by atoms with Crippen LogP contribution in [-0.2, 0) is 0 Å². The lowest BCUT2D eigenvalue weighted by Gasteiger charge is -2.29. The fourth-order valence-electron chi connectivity index (χ4n) is 1.26. The minimum Gasteiger partial charge on any atom is -0.302 e. The van der Waals surface area contributed by atoms with Gasteiger partial charge in [-0.15, -0.1) is 0 Å². The van der Waals surface area contributed by atoms with Gasteiger partial charge in [-0.3, -0.25) is 14.7 Å². The first-order chi connectivity index (χ1) is 6.41. The Morgan fingerprint density at radius 1 is 0.929 bits per heavy atom. The molecule has 0 heterocycles. The fourth-order valence-corrected chi connectivity index (χ4v) is 1.26. The largest absolute Gasteiger partial charge is 0.302 e. The summed E-state index contributed by atoms with van der Waals surface area (Å²) in [6.07, 6.45) is 0. The monoisotopic (exact) mass is 202 g/mol. The van der Waals surface area contributed by atoms with Gasteiger partial charge in [-0.05, 0) is 42.0 Å². The Hall–Kier alpha value is -0.160. The second-order valence-corrected chi connectivity index (χ2v) is 4.63. The second-order valence-electron chi connectivity index (χ2n) is 4.63. The van der Waals surface area contributed by atoms with Crippen molar-refractivity contribution >= 4 is 0 Å². The summed E-state index contributed by atoms with van der Waals surface area (Å²) in [7, 11) is 8.38. The number of nitrogens with one attached hydrogen (secondary N) is 1. The van der Waals surface area contributed by atoms with E-state index in [2.05, 4.69) is 62.1 Å². The van der Waals surface area contributed by atoms with Crippen LogP contribution in [0.5, 0.6) is 0 Å². The lowest BCUT2D eigenvalue weighted by Crippen LogP contribution is -2.45. The maximum Gasteiger partial charge on any atom is 0.0525 e. The van der Waals surface area contributed by atoms with Crippen molar-refractivity contribution in [2.75, 3.05) is 48.2 Å². The van der Waals surface area contributed by atoms with E-state index in [9.17, 15) is 0 Å². The van der Waals surface area contributed by atoms with E-state index in [1.54, 1.807) is 0 Å². The molecule has 0 aromatic rings. The molecule has 0 aliphatic heterocycles. The van der Waals surface area contributed by atoms with Crippen LogP contribution in [0.1, 0.15) is 13.8 Å². The van der Waals surface area contributed by atoms with E-state index in [0.717, 1.165) is 20.0 Å². The molecule has 0 aromatic carbocycles. The summed E-state index contributed by atoms with van der Waals surface area (Å²) < 4.78 is 0. The highest BCUT2D eigenvalue weighted by molar-refractivity contribution is 4.56. The second kappa shape index (κ2) is 7.17. The highest BCUT2D eigenvalue weighted by atomic mass is 15.4. The minimum absolute atomic E-state index is 0.543. The van der Waals surface area contributed by atoms with E-state index < -0.39 is 0 Å². The first kappa shape index (κ1) is 13.8. The molecule has 4 nitrogen and oxygen atoms in total. The number of hydrogen-bond acceptors (Lipinski definition) is 4. The van der Waals surface area contributed by atoms with Gasteiger partial charge in [-0.1, -0.05) is 0 Å². The highest BCUT2D eigenvalue weighted by Crippen LogP contribution is 1.90. The molecule has 0 rings (SSSR count). The van der Waals surface area contributed by atoms with Crippen LogP contribution in [0.2, 0.25) is 0 Å². The first-order valence-corrected chi connectivity index (χ1v) is 5.17. The molecule has 86 valence electrons. The maximum absolute atomic E-state index is 3.43. The van der Waals surface area contributed by atoms with E-state index in [0.29, 0.717) is 6.04 Å². The van der Waals surface area contributed by atoms with Gasteiger partial charge in [0.1, 0.15) is 0 Å². The van der Waals surface area contributed by atoms with Gasteiger partial charge in [0.15, 0.2) is 0 Å². The summed E-state index contributed by atoms with van der Waals surface area (Å²) in [5.41, 5.74) is 0. The molecule has 14 heavy (non-hydrogen) atoms. The lowest BCUT2D eigenvalue weighted by atomic mass is 10.4. The molecule has 0 saturated carbocycles. The van der Waals surface area contributed by atoms with E-state index in [-0.39, 0.29) is 0 Å². The van der Waals surface area contributed by atoms with Crippen molar-refractivity contribution in [1.82, 2.24) is 20.0 Å². The predicted octanol–water partition coefficient (Wildman–Crippen LogP) is 0.282. The Balaban J connectivity index is 3.84. The van der Waals surface area contributed by atoms with Crippen molar-refractivity contribution in [2.24, 2.45) is 0 Å². The molecule has 0 unspecified atom stereocenters. The molecule has 0 aliphatic carbocycles. The van der Waals surface area contributed by atoms with Crippen molar-refractivity contribution in [2.45, 2.75) is 19.9 Å². The number of rotatable bonds is 7. The van der Waals surface area contributed by atoms with Crippen LogP contribution in [0.4, 0.5) is 0 Å².